The fourth-order valence-electron chi connectivity index (χ4n) is 4.13. The average molecular weight is 509 g/mol. The highest BCUT2D eigenvalue weighted by Gasteiger charge is 2.24. The number of carbonyl (C=O) groups is 1. The highest BCUT2D eigenvalue weighted by atomic mass is 31.1. The van der Waals surface area contributed by atoms with E-state index in [0.717, 1.165) is 23.4 Å². The predicted molar refractivity (Wildman–Crippen MR) is 158 cm³/mol. The Kier molecular flexibility index (Phi) is 9.24. The Labute approximate surface area is 221 Å². The van der Waals surface area contributed by atoms with E-state index in [-0.39, 0.29) is 11.8 Å². The summed E-state index contributed by atoms with van der Waals surface area (Å²) in [6, 6.07) is 36.5. The fraction of sp³-hybridized carbons (Fsp3) is 0.188. The lowest BCUT2D eigenvalue weighted by Crippen LogP contribution is -2.32. The molecule has 4 rings (SSSR count). The first-order chi connectivity index (χ1) is 18.1. The van der Waals surface area contributed by atoms with Gasteiger partial charge in [-0.2, -0.15) is 0 Å². The third-order valence-corrected chi connectivity index (χ3v) is 8.91. The van der Waals surface area contributed by atoms with Gasteiger partial charge in [0.1, 0.15) is 11.8 Å². The number of hydrogen-bond donors (Lipinski definition) is 1. The number of benzene rings is 4. The van der Waals surface area contributed by atoms with Gasteiger partial charge in [0.05, 0.1) is 7.11 Å². The van der Waals surface area contributed by atoms with Gasteiger partial charge in [0, 0.05) is 17.5 Å². The summed E-state index contributed by atoms with van der Waals surface area (Å²) in [5.41, 5.74) is 1.76. The smallest absolute Gasteiger partial charge is 0.249 e. The van der Waals surface area contributed by atoms with Gasteiger partial charge >= 0.3 is 0 Å². The molecule has 0 heterocycles. The van der Waals surface area contributed by atoms with E-state index in [9.17, 15) is 4.79 Å². The largest absolute Gasteiger partial charge is 0.497 e. The second-order valence-corrected chi connectivity index (χ2v) is 11.1. The Morgan fingerprint density at radius 2 is 1.43 bits per heavy atom. The van der Waals surface area contributed by atoms with Gasteiger partial charge in [0.2, 0.25) is 5.91 Å². The van der Waals surface area contributed by atoms with Crippen LogP contribution in [0.4, 0.5) is 5.69 Å². The van der Waals surface area contributed by atoms with Crippen molar-refractivity contribution >= 4 is 41.6 Å². The van der Waals surface area contributed by atoms with Crippen LogP contribution < -0.4 is 26.0 Å². The normalized spacial score (nSPS) is 12.9. The third-order valence-electron chi connectivity index (χ3n) is 6.39. The molecule has 0 spiro atoms. The van der Waals surface area contributed by atoms with Crippen LogP contribution in [-0.2, 0) is 4.79 Å². The first kappa shape index (κ1) is 26.3. The Morgan fingerprint density at radius 3 is 2.00 bits per heavy atom. The molecule has 4 nitrogen and oxygen atoms in total. The maximum absolute atomic E-state index is 13.3. The van der Waals surface area contributed by atoms with E-state index in [1.165, 1.54) is 15.9 Å². The lowest BCUT2D eigenvalue weighted by molar-refractivity contribution is -0.118. The van der Waals surface area contributed by atoms with Crippen molar-refractivity contribution in [3.63, 3.8) is 0 Å². The van der Waals surface area contributed by atoms with Crippen LogP contribution in [-0.4, -0.2) is 25.3 Å². The van der Waals surface area contributed by atoms with E-state index in [2.05, 4.69) is 85.9 Å². The molecule has 4 aromatic rings. The topological polar surface area (TPSA) is 50.7 Å². The van der Waals surface area contributed by atoms with Gasteiger partial charge in [-0.05, 0) is 54.0 Å². The van der Waals surface area contributed by atoms with Crippen LogP contribution in [0.1, 0.15) is 25.8 Å². The summed E-state index contributed by atoms with van der Waals surface area (Å²) in [7, 11) is 0.845. The Hall–Kier alpha value is -3.75. The van der Waals surface area contributed by atoms with Crippen LogP contribution in [0.25, 0.3) is 0 Å². The minimum Gasteiger partial charge on any atom is -0.497 e. The van der Waals surface area contributed by atoms with E-state index in [1.807, 2.05) is 48.7 Å². The number of methoxy groups -OCH3 is 1. The van der Waals surface area contributed by atoms with Crippen LogP contribution in [0, 0.1) is 5.92 Å². The van der Waals surface area contributed by atoms with E-state index in [0.29, 0.717) is 0 Å². The number of aliphatic imine (C=N–C) groups is 1. The summed E-state index contributed by atoms with van der Waals surface area (Å²) in [5, 5.41) is 6.81. The van der Waals surface area contributed by atoms with Crippen molar-refractivity contribution in [1.29, 1.82) is 0 Å². The molecule has 0 aromatic heterocycles. The molecule has 0 aliphatic heterocycles. The number of hydrogen-bond acceptors (Lipinski definition) is 3. The molecule has 0 fully saturated rings. The van der Waals surface area contributed by atoms with Crippen LogP contribution in [0.2, 0.25) is 0 Å². The molecule has 0 saturated carbocycles. The van der Waals surface area contributed by atoms with Crippen molar-refractivity contribution in [2.24, 2.45) is 10.9 Å². The zero-order valence-corrected chi connectivity index (χ0v) is 22.4. The minimum absolute atomic E-state index is 0.0893. The van der Waals surface area contributed by atoms with Crippen molar-refractivity contribution in [2.45, 2.75) is 26.3 Å². The molecule has 0 radical (unpaired) electrons. The molecule has 0 aliphatic carbocycles. The molecule has 0 aliphatic rings. The SMILES string of the molecule is CCC(C)C(N=Cc1ccccc1P(c1ccccc1)c1ccccc1)C(=O)Nc1ccc(OC)cc1. The maximum atomic E-state index is 13.3. The molecular formula is C32H33N2O2P. The zero-order chi connectivity index (χ0) is 26.0. The first-order valence-electron chi connectivity index (χ1n) is 12.6. The molecule has 37 heavy (non-hydrogen) atoms. The Bertz CT molecular complexity index is 1270. The molecule has 1 amide bonds. The van der Waals surface area contributed by atoms with Crippen LogP contribution in [0.15, 0.2) is 114 Å². The zero-order valence-electron chi connectivity index (χ0n) is 21.5. The van der Waals surface area contributed by atoms with Crippen molar-refractivity contribution in [1.82, 2.24) is 0 Å². The van der Waals surface area contributed by atoms with Gasteiger partial charge in [0.25, 0.3) is 0 Å². The maximum Gasteiger partial charge on any atom is 0.249 e. The third kappa shape index (κ3) is 6.72. The molecule has 2 unspecified atom stereocenters. The van der Waals surface area contributed by atoms with Gasteiger partial charge in [0.15, 0.2) is 0 Å². The van der Waals surface area contributed by atoms with Gasteiger partial charge in [-0.15, -0.1) is 0 Å². The molecule has 0 bridgehead atoms. The molecule has 0 saturated heterocycles. The van der Waals surface area contributed by atoms with Gasteiger partial charge in [-0.3, -0.25) is 9.79 Å². The number of ether oxygens (including phenoxy) is 1. The molecular weight excluding hydrogens is 475 g/mol. The summed E-state index contributed by atoms with van der Waals surface area (Å²) in [5.74, 6) is 0.729. The van der Waals surface area contributed by atoms with E-state index in [4.69, 9.17) is 9.73 Å². The lowest BCUT2D eigenvalue weighted by atomic mass is 9.98. The number of anilines is 1. The second kappa shape index (κ2) is 13.0. The number of amides is 1. The number of rotatable bonds is 10. The van der Waals surface area contributed by atoms with Gasteiger partial charge < -0.3 is 10.1 Å². The number of carbonyl (C=O) groups excluding carboxylic acids is 1. The number of nitrogens with zero attached hydrogens (tertiary/aromatic N) is 1. The summed E-state index contributed by atoms with van der Waals surface area (Å²) >= 11 is 0. The molecule has 188 valence electrons. The van der Waals surface area contributed by atoms with Crippen molar-refractivity contribution in [2.75, 3.05) is 12.4 Å². The lowest BCUT2D eigenvalue weighted by Gasteiger charge is -2.22. The highest BCUT2D eigenvalue weighted by Crippen LogP contribution is 2.33. The summed E-state index contributed by atoms with van der Waals surface area (Å²) in [6.07, 6.45) is 2.74. The average Bonchev–Trinajstić information content (AvgIpc) is 2.95. The second-order valence-electron chi connectivity index (χ2n) is 8.89. The van der Waals surface area contributed by atoms with Crippen molar-refractivity contribution < 1.29 is 9.53 Å². The van der Waals surface area contributed by atoms with Crippen LogP contribution >= 0.6 is 7.92 Å². The fourth-order valence-corrected chi connectivity index (χ4v) is 6.55. The molecule has 1 N–H and O–H groups in total. The first-order valence-corrected chi connectivity index (χ1v) is 13.9. The van der Waals surface area contributed by atoms with E-state index < -0.39 is 14.0 Å². The number of nitrogens with one attached hydrogen (secondary N) is 1. The van der Waals surface area contributed by atoms with Gasteiger partial charge in [-0.1, -0.05) is 105 Å². The van der Waals surface area contributed by atoms with Crippen molar-refractivity contribution in [3.05, 3.63) is 115 Å². The highest BCUT2D eigenvalue weighted by molar-refractivity contribution is 7.80. The van der Waals surface area contributed by atoms with E-state index in [1.54, 1.807) is 7.11 Å². The summed E-state index contributed by atoms with van der Waals surface area (Å²) in [4.78, 5) is 18.2. The standard InChI is InChI=1S/C32H33N2O2P/c1-4-24(2)31(32(35)34-26-19-21-27(36-3)22-20-26)33-23-25-13-11-12-18-30(25)37(28-14-7-5-8-15-28)29-16-9-6-10-17-29/h5-24,31H,4H2,1-3H3,(H,34,35). The monoisotopic (exact) mass is 508 g/mol. The molecule has 5 heteroatoms. The molecule has 2 atom stereocenters. The molecule has 4 aromatic carbocycles. The quantitative estimate of drug-likeness (QED) is 0.213. The van der Waals surface area contributed by atoms with Crippen molar-refractivity contribution in [3.8, 4) is 5.75 Å². The Morgan fingerprint density at radius 1 is 0.865 bits per heavy atom. The predicted octanol–water partition coefficient (Wildman–Crippen LogP) is 5.93. The summed E-state index contributed by atoms with van der Waals surface area (Å²) < 4.78 is 5.22. The van der Waals surface area contributed by atoms with E-state index >= 15 is 0 Å². The Balaban J connectivity index is 1.66. The van der Waals surface area contributed by atoms with Gasteiger partial charge in [-0.25, -0.2) is 0 Å². The summed E-state index contributed by atoms with van der Waals surface area (Å²) in [6.45, 7) is 4.16. The minimum atomic E-state index is -0.780. The van der Waals surface area contributed by atoms with Crippen LogP contribution in [0.3, 0.4) is 0 Å². The van der Waals surface area contributed by atoms with Crippen LogP contribution in [0.5, 0.6) is 5.75 Å².